The number of halogens is 2. The van der Waals surface area contributed by atoms with E-state index in [4.69, 9.17) is 32.7 Å². The lowest BCUT2D eigenvalue weighted by Gasteiger charge is -2.22. The molecule has 4 nitrogen and oxygen atoms in total. The van der Waals surface area contributed by atoms with Crippen LogP contribution in [0.15, 0.2) is 18.2 Å². The highest BCUT2D eigenvalue weighted by atomic mass is 35.5. The molecule has 0 amide bonds. The van der Waals surface area contributed by atoms with E-state index in [1.54, 1.807) is 19.9 Å². The van der Waals surface area contributed by atoms with Crippen molar-refractivity contribution in [2.75, 3.05) is 19.4 Å². The van der Waals surface area contributed by atoms with Crippen molar-refractivity contribution in [3.8, 4) is 0 Å². The topological polar surface area (TPSA) is 55.8 Å². The number of hydrogen-bond donors (Lipinski definition) is 1. The van der Waals surface area contributed by atoms with Crippen LogP contribution >= 0.6 is 30.6 Å². The molecule has 0 aromatic heterocycles. The summed E-state index contributed by atoms with van der Waals surface area (Å²) in [5.74, 6) is 0. The Bertz CT molecular complexity index is 519. The molecule has 0 aliphatic rings. The lowest BCUT2D eigenvalue weighted by Crippen LogP contribution is -2.19. The van der Waals surface area contributed by atoms with Gasteiger partial charge in [0.1, 0.15) is 0 Å². The molecule has 1 aromatic rings. The van der Waals surface area contributed by atoms with Gasteiger partial charge in [-0.2, -0.15) is 0 Å². The fourth-order valence-corrected chi connectivity index (χ4v) is 4.18. The van der Waals surface area contributed by atoms with E-state index in [0.717, 1.165) is 24.8 Å². The van der Waals surface area contributed by atoms with Crippen LogP contribution in [0, 0.1) is 0 Å². The molecule has 0 aliphatic carbocycles. The average molecular weight is 383 g/mol. The third-order valence-corrected chi connectivity index (χ3v) is 6.03. The number of unbranched alkanes of at least 4 members (excludes halogenated alkanes) is 2. The lowest BCUT2D eigenvalue weighted by atomic mass is 10.1. The second kappa shape index (κ2) is 10.7. The number of rotatable bonds is 11. The minimum absolute atomic E-state index is 0.207. The third kappa shape index (κ3) is 7.55. The van der Waals surface area contributed by atoms with Crippen LogP contribution in [-0.2, 0) is 20.5 Å². The van der Waals surface area contributed by atoms with E-state index in [0.29, 0.717) is 29.7 Å². The first-order valence-corrected chi connectivity index (χ1v) is 10.6. The van der Waals surface area contributed by atoms with Crippen molar-refractivity contribution in [3.63, 3.8) is 0 Å². The molecule has 132 valence electrons. The number of hydrogen-bond acceptors (Lipinski definition) is 3. The summed E-state index contributed by atoms with van der Waals surface area (Å²) in [6, 6.07) is 4.59. The molecule has 1 aromatic carbocycles. The van der Waals surface area contributed by atoms with Gasteiger partial charge in [-0.05, 0) is 50.8 Å². The van der Waals surface area contributed by atoms with E-state index in [-0.39, 0.29) is 6.16 Å². The Morgan fingerprint density at radius 3 is 2.30 bits per heavy atom. The summed E-state index contributed by atoms with van der Waals surface area (Å²) in [6.07, 6.45) is 3.51. The van der Waals surface area contributed by atoms with Gasteiger partial charge in [0.25, 0.3) is 7.37 Å². The standard InChI is InChI=1S/C16H25Cl2O4P/c1-3-21-16(22-4-2)23(19,20)11-7-5-6-8-13-9-10-14(17)15(18)12-13/h9-10,12,16H,3-8,11H2,1-2H3,(H,19,20). The highest BCUT2D eigenvalue weighted by Crippen LogP contribution is 2.48. The van der Waals surface area contributed by atoms with Crippen LogP contribution in [0.2, 0.25) is 10.0 Å². The van der Waals surface area contributed by atoms with Crippen LogP contribution in [0.1, 0.15) is 38.7 Å². The van der Waals surface area contributed by atoms with E-state index in [1.165, 1.54) is 0 Å². The highest BCUT2D eigenvalue weighted by molar-refractivity contribution is 7.58. The van der Waals surface area contributed by atoms with Crippen LogP contribution in [0.5, 0.6) is 0 Å². The Hall–Kier alpha value is -0.0900. The fraction of sp³-hybridized carbons (Fsp3) is 0.625. The summed E-state index contributed by atoms with van der Waals surface area (Å²) in [4.78, 5) is 10.1. The number of aryl methyl sites for hydroxylation is 1. The summed E-state index contributed by atoms with van der Waals surface area (Å²) >= 11 is 11.9. The van der Waals surface area contributed by atoms with Crippen molar-refractivity contribution < 1.29 is 18.9 Å². The maximum Gasteiger partial charge on any atom is 0.255 e. The van der Waals surface area contributed by atoms with Crippen LogP contribution in [0.25, 0.3) is 0 Å². The van der Waals surface area contributed by atoms with Gasteiger partial charge in [0.2, 0.25) is 6.03 Å². The van der Waals surface area contributed by atoms with Crippen molar-refractivity contribution in [3.05, 3.63) is 33.8 Å². The predicted molar refractivity (Wildman–Crippen MR) is 95.7 cm³/mol. The highest BCUT2D eigenvalue weighted by Gasteiger charge is 2.31. The molecule has 0 aliphatic heterocycles. The van der Waals surface area contributed by atoms with Crippen molar-refractivity contribution >= 4 is 30.6 Å². The Kier molecular flexibility index (Phi) is 9.76. The van der Waals surface area contributed by atoms with Gasteiger partial charge in [-0.15, -0.1) is 0 Å². The van der Waals surface area contributed by atoms with Crippen molar-refractivity contribution in [1.29, 1.82) is 0 Å². The van der Waals surface area contributed by atoms with E-state index in [9.17, 15) is 9.46 Å². The molecule has 23 heavy (non-hydrogen) atoms. The molecular formula is C16H25Cl2O4P. The first-order chi connectivity index (χ1) is 10.9. The molecule has 0 spiro atoms. The SMILES string of the molecule is CCOC(OCC)P(=O)(O)CCCCCc1ccc(Cl)c(Cl)c1. The lowest BCUT2D eigenvalue weighted by molar-refractivity contribution is -0.0871. The zero-order chi connectivity index (χ0) is 17.3. The molecule has 0 saturated carbocycles. The maximum absolute atomic E-state index is 12.3. The van der Waals surface area contributed by atoms with E-state index >= 15 is 0 Å². The van der Waals surface area contributed by atoms with E-state index in [1.807, 2.05) is 12.1 Å². The van der Waals surface area contributed by atoms with Crippen molar-refractivity contribution in [2.24, 2.45) is 0 Å². The second-order valence-corrected chi connectivity index (χ2v) is 8.45. The zero-order valence-corrected chi connectivity index (χ0v) is 16.0. The molecule has 1 rings (SSSR count). The van der Waals surface area contributed by atoms with Gasteiger partial charge in [-0.1, -0.05) is 35.7 Å². The van der Waals surface area contributed by atoms with Crippen LogP contribution in [-0.4, -0.2) is 30.3 Å². The largest absolute Gasteiger partial charge is 0.345 e. The van der Waals surface area contributed by atoms with Gasteiger partial charge < -0.3 is 14.4 Å². The normalized spacial score (nSPS) is 14.2. The smallest absolute Gasteiger partial charge is 0.255 e. The quantitative estimate of drug-likeness (QED) is 0.319. The number of benzene rings is 1. The summed E-state index contributed by atoms with van der Waals surface area (Å²) in [6.45, 7) is 4.27. The summed E-state index contributed by atoms with van der Waals surface area (Å²) in [7, 11) is -3.45. The van der Waals surface area contributed by atoms with E-state index < -0.39 is 13.4 Å². The van der Waals surface area contributed by atoms with Crippen LogP contribution in [0.4, 0.5) is 0 Å². The molecule has 0 fully saturated rings. The van der Waals surface area contributed by atoms with Gasteiger partial charge in [0.15, 0.2) is 0 Å². The number of ether oxygens (including phenoxy) is 2. The Morgan fingerprint density at radius 2 is 1.74 bits per heavy atom. The van der Waals surface area contributed by atoms with Crippen molar-refractivity contribution in [1.82, 2.24) is 0 Å². The second-order valence-electron chi connectivity index (χ2n) is 5.26. The minimum atomic E-state index is -3.45. The van der Waals surface area contributed by atoms with Gasteiger partial charge >= 0.3 is 0 Å². The minimum Gasteiger partial charge on any atom is -0.345 e. The van der Waals surface area contributed by atoms with Gasteiger partial charge in [0, 0.05) is 19.4 Å². The molecule has 1 N–H and O–H groups in total. The molecule has 0 heterocycles. The summed E-state index contributed by atoms with van der Waals surface area (Å²) in [5, 5.41) is 1.11. The zero-order valence-electron chi connectivity index (χ0n) is 13.6. The molecular weight excluding hydrogens is 358 g/mol. The summed E-state index contributed by atoms with van der Waals surface area (Å²) < 4.78 is 22.8. The molecule has 0 saturated heterocycles. The maximum atomic E-state index is 12.3. The van der Waals surface area contributed by atoms with Crippen LogP contribution in [0.3, 0.4) is 0 Å². The molecule has 7 heteroatoms. The average Bonchev–Trinajstić information content (AvgIpc) is 2.50. The van der Waals surface area contributed by atoms with Gasteiger partial charge in [-0.3, -0.25) is 4.57 Å². The first-order valence-electron chi connectivity index (χ1n) is 7.89. The Labute approximate surface area is 148 Å². The predicted octanol–water partition coefficient (Wildman–Crippen LogP) is 5.33. The Balaban J connectivity index is 2.34. The first kappa shape index (κ1) is 21.0. The van der Waals surface area contributed by atoms with Gasteiger partial charge in [-0.25, -0.2) is 0 Å². The molecule has 0 bridgehead atoms. The fourth-order valence-electron chi connectivity index (χ4n) is 2.21. The van der Waals surface area contributed by atoms with Gasteiger partial charge in [0.05, 0.1) is 10.0 Å². The molecule has 1 atom stereocenters. The molecule has 0 radical (unpaired) electrons. The van der Waals surface area contributed by atoms with Crippen LogP contribution < -0.4 is 0 Å². The van der Waals surface area contributed by atoms with E-state index in [2.05, 4.69) is 0 Å². The summed E-state index contributed by atoms with van der Waals surface area (Å²) in [5.41, 5.74) is 1.12. The Morgan fingerprint density at radius 1 is 1.09 bits per heavy atom. The van der Waals surface area contributed by atoms with Crippen molar-refractivity contribution in [2.45, 2.75) is 45.6 Å². The third-order valence-electron chi connectivity index (χ3n) is 3.38. The molecule has 1 unspecified atom stereocenters. The monoisotopic (exact) mass is 382 g/mol.